The summed E-state index contributed by atoms with van der Waals surface area (Å²) < 4.78 is 11.0. The predicted octanol–water partition coefficient (Wildman–Crippen LogP) is 2.91. The SMILES string of the molecule is C[C@@H](c1nnc(-c2cccs2)o1)N1CCN(C(=O)c2ccco2)CC1. The van der Waals surface area contributed by atoms with E-state index in [1.54, 1.807) is 23.5 Å². The van der Waals surface area contributed by atoms with Gasteiger partial charge in [-0.2, -0.15) is 0 Å². The summed E-state index contributed by atoms with van der Waals surface area (Å²) in [4.78, 5) is 17.3. The zero-order valence-corrected chi connectivity index (χ0v) is 14.6. The third-order valence-corrected chi connectivity index (χ3v) is 5.27. The minimum atomic E-state index is -0.0601. The molecule has 0 bridgehead atoms. The van der Waals surface area contributed by atoms with Gasteiger partial charge < -0.3 is 13.7 Å². The van der Waals surface area contributed by atoms with Crippen molar-refractivity contribution in [2.24, 2.45) is 0 Å². The first-order valence-corrected chi connectivity index (χ1v) is 9.04. The summed E-state index contributed by atoms with van der Waals surface area (Å²) in [5.74, 6) is 1.49. The Morgan fingerprint density at radius 1 is 1.20 bits per heavy atom. The molecule has 1 saturated heterocycles. The van der Waals surface area contributed by atoms with E-state index in [0.29, 0.717) is 30.6 Å². The normalized spacial score (nSPS) is 16.9. The number of piperazine rings is 1. The molecule has 1 atom stereocenters. The monoisotopic (exact) mass is 358 g/mol. The Morgan fingerprint density at radius 3 is 2.72 bits per heavy atom. The first-order chi connectivity index (χ1) is 12.2. The van der Waals surface area contributed by atoms with E-state index < -0.39 is 0 Å². The van der Waals surface area contributed by atoms with Crippen LogP contribution in [-0.2, 0) is 0 Å². The van der Waals surface area contributed by atoms with Gasteiger partial charge in [-0.3, -0.25) is 9.69 Å². The molecule has 1 fully saturated rings. The highest BCUT2D eigenvalue weighted by atomic mass is 32.1. The molecule has 3 aromatic rings. The lowest BCUT2D eigenvalue weighted by molar-refractivity contribution is 0.0531. The minimum absolute atomic E-state index is 0.0158. The van der Waals surface area contributed by atoms with Crippen LogP contribution in [-0.4, -0.2) is 52.1 Å². The van der Waals surface area contributed by atoms with Crippen molar-refractivity contribution in [3.8, 4) is 10.8 Å². The van der Waals surface area contributed by atoms with Gasteiger partial charge in [0.05, 0.1) is 17.2 Å². The fourth-order valence-corrected chi connectivity index (χ4v) is 3.57. The molecule has 1 aliphatic rings. The van der Waals surface area contributed by atoms with Crippen LogP contribution in [0.3, 0.4) is 0 Å². The van der Waals surface area contributed by atoms with E-state index in [2.05, 4.69) is 22.0 Å². The molecule has 0 N–H and O–H groups in total. The smallest absolute Gasteiger partial charge is 0.289 e. The lowest BCUT2D eigenvalue weighted by atomic mass is 10.2. The Kier molecular flexibility index (Phi) is 4.37. The third kappa shape index (κ3) is 3.22. The van der Waals surface area contributed by atoms with Crippen LogP contribution in [0.15, 0.2) is 44.7 Å². The largest absolute Gasteiger partial charge is 0.459 e. The number of carbonyl (C=O) groups is 1. The zero-order valence-electron chi connectivity index (χ0n) is 13.8. The fourth-order valence-electron chi connectivity index (χ4n) is 2.93. The van der Waals surface area contributed by atoms with Gasteiger partial charge in [-0.15, -0.1) is 21.5 Å². The fraction of sp³-hybridized carbons (Fsp3) is 0.353. The van der Waals surface area contributed by atoms with Gasteiger partial charge in [0.25, 0.3) is 11.8 Å². The summed E-state index contributed by atoms with van der Waals surface area (Å²) in [6.45, 7) is 4.86. The maximum atomic E-state index is 12.3. The van der Waals surface area contributed by atoms with E-state index in [-0.39, 0.29) is 11.9 Å². The Labute approximate surface area is 148 Å². The average molecular weight is 358 g/mol. The topological polar surface area (TPSA) is 75.6 Å². The van der Waals surface area contributed by atoms with Crippen molar-refractivity contribution in [1.29, 1.82) is 0 Å². The lowest BCUT2D eigenvalue weighted by Crippen LogP contribution is -2.49. The van der Waals surface area contributed by atoms with Crippen LogP contribution >= 0.6 is 11.3 Å². The van der Waals surface area contributed by atoms with Gasteiger partial charge >= 0.3 is 0 Å². The van der Waals surface area contributed by atoms with Gasteiger partial charge in [0, 0.05) is 26.2 Å². The van der Waals surface area contributed by atoms with Crippen molar-refractivity contribution in [1.82, 2.24) is 20.0 Å². The standard InChI is InChI=1S/C17H18N4O3S/c1-12(15-18-19-16(24-15)14-5-3-11-25-14)20-6-8-21(9-7-20)17(22)13-4-2-10-23-13/h2-5,10-12H,6-9H2,1H3/t12-/m0/s1. The number of nitrogens with zero attached hydrogens (tertiary/aromatic N) is 4. The molecule has 0 radical (unpaired) electrons. The number of rotatable bonds is 4. The zero-order chi connectivity index (χ0) is 17.2. The Bertz CT molecular complexity index is 820. The highest BCUT2D eigenvalue weighted by Crippen LogP contribution is 2.27. The summed E-state index contributed by atoms with van der Waals surface area (Å²) in [5, 5.41) is 10.3. The summed E-state index contributed by atoms with van der Waals surface area (Å²) in [6.07, 6.45) is 1.52. The van der Waals surface area contributed by atoms with Crippen LogP contribution in [0.2, 0.25) is 0 Å². The van der Waals surface area contributed by atoms with Crippen LogP contribution in [0, 0.1) is 0 Å². The van der Waals surface area contributed by atoms with Gasteiger partial charge in [-0.25, -0.2) is 0 Å². The van der Waals surface area contributed by atoms with E-state index in [9.17, 15) is 4.79 Å². The first-order valence-electron chi connectivity index (χ1n) is 8.16. The number of thiophene rings is 1. The molecule has 130 valence electrons. The van der Waals surface area contributed by atoms with Crippen molar-refractivity contribution in [2.45, 2.75) is 13.0 Å². The molecule has 1 amide bonds. The van der Waals surface area contributed by atoms with Crippen molar-refractivity contribution >= 4 is 17.2 Å². The van der Waals surface area contributed by atoms with Crippen LogP contribution in [0.25, 0.3) is 10.8 Å². The van der Waals surface area contributed by atoms with Gasteiger partial charge in [0.1, 0.15) is 0 Å². The van der Waals surface area contributed by atoms with E-state index in [1.807, 2.05) is 22.4 Å². The molecular formula is C17H18N4O3S. The summed E-state index contributed by atoms with van der Waals surface area (Å²) in [5.41, 5.74) is 0. The van der Waals surface area contributed by atoms with Crippen molar-refractivity contribution in [2.75, 3.05) is 26.2 Å². The number of aromatic nitrogens is 2. The van der Waals surface area contributed by atoms with E-state index in [1.165, 1.54) is 6.26 Å². The highest BCUT2D eigenvalue weighted by Gasteiger charge is 2.28. The molecule has 0 unspecified atom stereocenters. The molecule has 0 aromatic carbocycles. The molecular weight excluding hydrogens is 340 g/mol. The number of carbonyl (C=O) groups excluding carboxylic acids is 1. The molecule has 0 saturated carbocycles. The maximum Gasteiger partial charge on any atom is 0.289 e. The third-order valence-electron chi connectivity index (χ3n) is 4.41. The van der Waals surface area contributed by atoms with Crippen LogP contribution in [0.5, 0.6) is 0 Å². The van der Waals surface area contributed by atoms with E-state index in [4.69, 9.17) is 8.83 Å². The molecule has 7 nitrogen and oxygen atoms in total. The van der Waals surface area contributed by atoms with E-state index >= 15 is 0 Å². The van der Waals surface area contributed by atoms with Crippen LogP contribution in [0.1, 0.15) is 29.4 Å². The number of furan rings is 1. The second kappa shape index (κ2) is 6.81. The van der Waals surface area contributed by atoms with Gasteiger partial charge in [0.2, 0.25) is 5.89 Å². The van der Waals surface area contributed by atoms with Gasteiger partial charge in [-0.05, 0) is 30.5 Å². The molecule has 8 heteroatoms. The highest BCUT2D eigenvalue weighted by molar-refractivity contribution is 7.13. The second-order valence-electron chi connectivity index (χ2n) is 5.90. The van der Waals surface area contributed by atoms with Crippen LogP contribution in [0.4, 0.5) is 0 Å². The van der Waals surface area contributed by atoms with Crippen molar-refractivity contribution in [3.63, 3.8) is 0 Å². The molecule has 0 aliphatic carbocycles. The molecule has 0 spiro atoms. The summed E-state index contributed by atoms with van der Waals surface area (Å²) >= 11 is 1.58. The maximum absolute atomic E-state index is 12.3. The van der Waals surface area contributed by atoms with Crippen molar-refractivity contribution < 1.29 is 13.6 Å². The average Bonchev–Trinajstić information content (AvgIpc) is 3.42. The van der Waals surface area contributed by atoms with E-state index in [0.717, 1.165) is 18.0 Å². The summed E-state index contributed by atoms with van der Waals surface area (Å²) in [6, 6.07) is 7.37. The number of hydrogen-bond acceptors (Lipinski definition) is 7. The molecule has 1 aliphatic heterocycles. The predicted molar refractivity (Wildman–Crippen MR) is 92.2 cm³/mol. The quantitative estimate of drug-likeness (QED) is 0.714. The van der Waals surface area contributed by atoms with Gasteiger partial charge in [0.15, 0.2) is 5.76 Å². The second-order valence-corrected chi connectivity index (χ2v) is 6.85. The minimum Gasteiger partial charge on any atom is -0.459 e. The molecule has 4 rings (SSSR count). The van der Waals surface area contributed by atoms with Gasteiger partial charge in [-0.1, -0.05) is 6.07 Å². The number of hydrogen-bond donors (Lipinski definition) is 0. The van der Waals surface area contributed by atoms with Crippen LogP contribution < -0.4 is 0 Å². The Balaban J connectivity index is 1.38. The first kappa shape index (κ1) is 16.0. The Morgan fingerprint density at radius 2 is 2.04 bits per heavy atom. The molecule has 3 aromatic heterocycles. The summed E-state index contributed by atoms with van der Waals surface area (Å²) in [7, 11) is 0. The molecule has 4 heterocycles. The Hall–Kier alpha value is -2.45. The molecule has 25 heavy (non-hydrogen) atoms. The number of amides is 1. The lowest BCUT2D eigenvalue weighted by Gasteiger charge is -2.36. The van der Waals surface area contributed by atoms with Crippen molar-refractivity contribution in [3.05, 3.63) is 47.6 Å².